The van der Waals surface area contributed by atoms with E-state index in [-0.39, 0.29) is 5.54 Å². The van der Waals surface area contributed by atoms with E-state index in [0.717, 1.165) is 32.4 Å². The highest BCUT2D eigenvalue weighted by molar-refractivity contribution is 7.91. The lowest BCUT2D eigenvalue weighted by Gasteiger charge is -2.49. The van der Waals surface area contributed by atoms with Gasteiger partial charge in [-0.3, -0.25) is 4.90 Å². The molecule has 1 fully saturated rings. The molecule has 0 spiro atoms. The molecule has 0 amide bonds. The fraction of sp³-hybridized carbons (Fsp3) is 1.00. The summed E-state index contributed by atoms with van der Waals surface area (Å²) in [6.45, 7) is 11.2. The van der Waals surface area contributed by atoms with Crippen LogP contribution in [-0.2, 0) is 9.84 Å². The van der Waals surface area contributed by atoms with Gasteiger partial charge in [0.25, 0.3) is 0 Å². The Morgan fingerprint density at radius 2 is 1.80 bits per heavy atom. The van der Waals surface area contributed by atoms with Crippen molar-refractivity contribution in [2.45, 2.75) is 65.0 Å². The number of hydrogen-bond donors (Lipinski definition) is 1. The van der Waals surface area contributed by atoms with E-state index in [1.165, 1.54) is 0 Å². The minimum absolute atomic E-state index is 0.132. The molecule has 1 heterocycles. The standard InChI is InChI=1S/C15H32N2O2S/c1-5-10-20(18,19)11-9-17-12-14(6-2)16-13-15(17,7-3)8-4/h14,16H,5-13H2,1-4H3. The number of nitrogens with zero attached hydrogens (tertiary/aromatic N) is 1. The Bertz CT molecular complexity index is 377. The lowest BCUT2D eigenvalue weighted by atomic mass is 9.87. The van der Waals surface area contributed by atoms with Crippen LogP contribution in [0.25, 0.3) is 0 Å². The largest absolute Gasteiger partial charge is 0.311 e. The van der Waals surface area contributed by atoms with E-state index < -0.39 is 9.84 Å². The first-order valence-corrected chi connectivity index (χ1v) is 9.94. The van der Waals surface area contributed by atoms with Gasteiger partial charge in [0.05, 0.1) is 5.75 Å². The van der Waals surface area contributed by atoms with Crippen molar-refractivity contribution in [3.63, 3.8) is 0 Å². The molecule has 1 rings (SSSR count). The van der Waals surface area contributed by atoms with E-state index in [2.05, 4.69) is 31.0 Å². The van der Waals surface area contributed by atoms with Crippen molar-refractivity contribution in [1.82, 2.24) is 10.2 Å². The maximum Gasteiger partial charge on any atom is 0.151 e. The van der Waals surface area contributed by atoms with Crippen LogP contribution in [0.1, 0.15) is 53.4 Å². The zero-order valence-corrected chi connectivity index (χ0v) is 14.4. The van der Waals surface area contributed by atoms with Gasteiger partial charge in [0.15, 0.2) is 9.84 Å². The molecule has 1 aliphatic heterocycles. The van der Waals surface area contributed by atoms with Crippen molar-refractivity contribution in [3.05, 3.63) is 0 Å². The quantitative estimate of drug-likeness (QED) is 0.746. The Morgan fingerprint density at radius 3 is 2.30 bits per heavy atom. The zero-order valence-electron chi connectivity index (χ0n) is 13.6. The molecule has 0 aromatic rings. The predicted octanol–water partition coefficient (Wildman–Crippen LogP) is 2.05. The van der Waals surface area contributed by atoms with Crippen molar-refractivity contribution in [1.29, 1.82) is 0 Å². The highest BCUT2D eigenvalue weighted by Gasteiger charge is 2.38. The first kappa shape index (κ1) is 17.9. The normalized spacial score (nSPS) is 23.9. The van der Waals surface area contributed by atoms with E-state index in [4.69, 9.17) is 0 Å². The number of piperazine rings is 1. The molecule has 120 valence electrons. The van der Waals surface area contributed by atoms with Crippen molar-refractivity contribution >= 4 is 9.84 Å². The molecule has 4 nitrogen and oxygen atoms in total. The second-order valence-corrected chi connectivity index (χ2v) is 8.32. The average molecular weight is 305 g/mol. The molecule has 0 aliphatic carbocycles. The average Bonchev–Trinajstić information content (AvgIpc) is 2.44. The monoisotopic (exact) mass is 304 g/mol. The van der Waals surface area contributed by atoms with Crippen LogP contribution in [0.3, 0.4) is 0 Å². The molecule has 1 unspecified atom stereocenters. The molecule has 0 radical (unpaired) electrons. The Balaban J connectivity index is 2.74. The van der Waals surface area contributed by atoms with Gasteiger partial charge in [-0.25, -0.2) is 8.42 Å². The Kier molecular flexibility index (Phi) is 6.95. The minimum atomic E-state index is -2.88. The third-order valence-corrected chi connectivity index (χ3v) is 6.66. The summed E-state index contributed by atoms with van der Waals surface area (Å²) in [7, 11) is -2.88. The summed E-state index contributed by atoms with van der Waals surface area (Å²) in [4.78, 5) is 2.44. The highest BCUT2D eigenvalue weighted by Crippen LogP contribution is 2.27. The summed E-state index contributed by atoms with van der Waals surface area (Å²) in [6, 6.07) is 0.495. The number of sulfone groups is 1. The fourth-order valence-corrected chi connectivity index (χ4v) is 4.51. The van der Waals surface area contributed by atoms with Crippen LogP contribution >= 0.6 is 0 Å². The topological polar surface area (TPSA) is 49.4 Å². The van der Waals surface area contributed by atoms with Crippen LogP contribution in [0.4, 0.5) is 0 Å². The lowest BCUT2D eigenvalue weighted by molar-refractivity contribution is 0.0364. The van der Waals surface area contributed by atoms with E-state index in [9.17, 15) is 8.42 Å². The molecule has 0 aromatic carbocycles. The molecular formula is C15H32N2O2S. The van der Waals surface area contributed by atoms with Gasteiger partial charge in [0, 0.05) is 37.0 Å². The highest BCUT2D eigenvalue weighted by atomic mass is 32.2. The lowest BCUT2D eigenvalue weighted by Crippen LogP contribution is -2.64. The van der Waals surface area contributed by atoms with Gasteiger partial charge in [-0.1, -0.05) is 27.7 Å². The van der Waals surface area contributed by atoms with Crippen molar-refractivity contribution in [2.75, 3.05) is 31.1 Å². The molecule has 1 saturated heterocycles. The van der Waals surface area contributed by atoms with Gasteiger partial charge in [-0.15, -0.1) is 0 Å². The van der Waals surface area contributed by atoms with Crippen LogP contribution in [0.15, 0.2) is 0 Å². The van der Waals surface area contributed by atoms with Gasteiger partial charge in [-0.2, -0.15) is 0 Å². The van der Waals surface area contributed by atoms with Gasteiger partial charge >= 0.3 is 0 Å². The Labute approximate surface area is 125 Å². The van der Waals surface area contributed by atoms with Gasteiger partial charge in [0.2, 0.25) is 0 Å². The Hall–Kier alpha value is -0.130. The van der Waals surface area contributed by atoms with Gasteiger partial charge < -0.3 is 5.32 Å². The molecule has 1 aliphatic rings. The third-order valence-electron chi connectivity index (χ3n) is 4.83. The van der Waals surface area contributed by atoms with Crippen LogP contribution in [0.2, 0.25) is 0 Å². The van der Waals surface area contributed by atoms with Crippen LogP contribution in [0.5, 0.6) is 0 Å². The van der Waals surface area contributed by atoms with E-state index in [1.807, 2.05) is 6.92 Å². The minimum Gasteiger partial charge on any atom is -0.311 e. The zero-order chi connectivity index (χ0) is 15.2. The van der Waals surface area contributed by atoms with Crippen LogP contribution < -0.4 is 5.32 Å². The van der Waals surface area contributed by atoms with Crippen LogP contribution in [0, 0.1) is 0 Å². The summed E-state index contributed by atoms with van der Waals surface area (Å²) in [5.74, 6) is 0.626. The summed E-state index contributed by atoms with van der Waals surface area (Å²) in [6.07, 6.45) is 3.96. The molecule has 5 heteroatoms. The van der Waals surface area contributed by atoms with Crippen molar-refractivity contribution < 1.29 is 8.42 Å². The second kappa shape index (κ2) is 7.76. The number of nitrogens with one attached hydrogen (secondary N) is 1. The van der Waals surface area contributed by atoms with Gasteiger partial charge in [-0.05, 0) is 25.7 Å². The van der Waals surface area contributed by atoms with E-state index >= 15 is 0 Å². The van der Waals surface area contributed by atoms with Crippen molar-refractivity contribution in [3.8, 4) is 0 Å². The second-order valence-electron chi connectivity index (χ2n) is 6.02. The van der Waals surface area contributed by atoms with Gasteiger partial charge in [0.1, 0.15) is 0 Å². The molecule has 0 bridgehead atoms. The maximum atomic E-state index is 12.0. The molecule has 1 N–H and O–H groups in total. The number of rotatable bonds is 8. The van der Waals surface area contributed by atoms with E-state index in [0.29, 0.717) is 30.5 Å². The summed E-state index contributed by atoms with van der Waals surface area (Å²) in [5.41, 5.74) is 0.132. The molecular weight excluding hydrogens is 272 g/mol. The molecule has 20 heavy (non-hydrogen) atoms. The fourth-order valence-electron chi connectivity index (χ4n) is 3.18. The summed E-state index contributed by atoms with van der Waals surface area (Å²) >= 11 is 0. The SMILES string of the molecule is CCCS(=O)(=O)CCN1CC(CC)NCC1(CC)CC. The predicted molar refractivity (Wildman–Crippen MR) is 85.9 cm³/mol. The maximum absolute atomic E-state index is 12.0. The third kappa shape index (κ3) is 4.43. The summed E-state index contributed by atoms with van der Waals surface area (Å²) in [5, 5.41) is 3.62. The van der Waals surface area contributed by atoms with Crippen LogP contribution in [-0.4, -0.2) is 56.0 Å². The number of hydrogen-bond acceptors (Lipinski definition) is 4. The first-order valence-electron chi connectivity index (χ1n) is 8.11. The Morgan fingerprint density at radius 1 is 1.15 bits per heavy atom. The van der Waals surface area contributed by atoms with Crippen molar-refractivity contribution in [2.24, 2.45) is 0 Å². The summed E-state index contributed by atoms with van der Waals surface area (Å²) < 4.78 is 23.9. The smallest absolute Gasteiger partial charge is 0.151 e. The van der Waals surface area contributed by atoms with E-state index in [1.54, 1.807) is 0 Å². The molecule has 1 atom stereocenters. The molecule has 0 saturated carbocycles. The first-order chi connectivity index (χ1) is 9.43. The molecule has 0 aromatic heterocycles.